The number of para-hydroxylation sites is 1. The van der Waals surface area contributed by atoms with Gasteiger partial charge >= 0.3 is 5.97 Å². The number of H-pyrrole nitrogens is 1. The van der Waals surface area contributed by atoms with Gasteiger partial charge in [-0.2, -0.15) is 0 Å². The van der Waals surface area contributed by atoms with Crippen molar-refractivity contribution in [1.82, 2.24) is 14.8 Å². The number of hydrogen-bond acceptors (Lipinski definition) is 5. The van der Waals surface area contributed by atoms with E-state index in [0.29, 0.717) is 37.4 Å². The number of piperidine rings is 2. The molecule has 2 fully saturated rings. The van der Waals surface area contributed by atoms with Crippen LogP contribution < -0.4 is 0 Å². The molecule has 2 aliphatic heterocycles. The molecule has 2 aromatic carbocycles. The summed E-state index contributed by atoms with van der Waals surface area (Å²) in [4.78, 5) is 42.8. The van der Waals surface area contributed by atoms with E-state index in [1.807, 2.05) is 6.07 Å². The van der Waals surface area contributed by atoms with Crippen molar-refractivity contribution in [2.75, 3.05) is 26.2 Å². The fourth-order valence-corrected chi connectivity index (χ4v) is 6.03. The molecule has 2 saturated heterocycles. The molecular weight excluding hydrogens is 484 g/mol. The summed E-state index contributed by atoms with van der Waals surface area (Å²) in [6, 6.07) is 13.9. The number of aromatic nitrogens is 1. The number of nitro benzene ring substituents is 1. The fraction of sp³-hybridized carbons (Fsp3) is 0.379. The van der Waals surface area contributed by atoms with Crippen LogP contribution in [0.1, 0.15) is 42.7 Å². The third kappa shape index (κ3) is 5.47. The average molecular weight is 517 g/mol. The number of carbonyl (C=O) groups is 2. The Balaban J connectivity index is 1.16. The number of hydrogen-bond donors (Lipinski definition) is 2. The summed E-state index contributed by atoms with van der Waals surface area (Å²) in [7, 11) is 0. The maximum Gasteiger partial charge on any atom is 0.321 e. The summed E-state index contributed by atoms with van der Waals surface area (Å²) < 4.78 is 0. The van der Waals surface area contributed by atoms with Gasteiger partial charge in [-0.3, -0.25) is 24.6 Å². The largest absolute Gasteiger partial charge is 0.480 e. The lowest BCUT2D eigenvalue weighted by Gasteiger charge is -2.41. The number of carbonyl (C=O) groups excluding carboxylic acids is 1. The molecule has 9 nitrogen and oxygen atoms in total. The minimum Gasteiger partial charge on any atom is -0.480 e. The monoisotopic (exact) mass is 516 g/mol. The standard InChI is InChI=1S/C29H32N4O5/c34-27(9-8-20-4-3-5-23(18-20)33(37)38)31-14-12-22(13-15-31)28(29(35)36)32-16-10-21(11-17-32)25-19-30-26-7-2-1-6-24(25)26/h1-9,18-19,21-22,28,30H,10-17H2,(H,35,36)/b9-8+. The molecule has 0 bridgehead atoms. The van der Waals surface area contributed by atoms with E-state index in [9.17, 15) is 24.8 Å². The van der Waals surface area contributed by atoms with E-state index in [4.69, 9.17) is 0 Å². The molecule has 1 aromatic heterocycles. The minimum absolute atomic E-state index is 0.0121. The van der Waals surface area contributed by atoms with Crippen LogP contribution in [-0.4, -0.2) is 68.9 Å². The summed E-state index contributed by atoms with van der Waals surface area (Å²) in [6.07, 6.45) is 8.23. The number of non-ortho nitro benzene ring substituents is 1. The third-order valence-corrected chi connectivity index (χ3v) is 8.03. The number of benzene rings is 2. The van der Waals surface area contributed by atoms with E-state index >= 15 is 0 Å². The highest BCUT2D eigenvalue weighted by atomic mass is 16.6. The summed E-state index contributed by atoms with van der Waals surface area (Å²) >= 11 is 0. The number of likely N-dealkylation sites (tertiary alicyclic amines) is 2. The fourth-order valence-electron chi connectivity index (χ4n) is 6.03. The summed E-state index contributed by atoms with van der Waals surface area (Å²) in [6.45, 7) is 2.48. The molecule has 38 heavy (non-hydrogen) atoms. The number of amides is 1. The van der Waals surface area contributed by atoms with Crippen LogP contribution in [0.15, 0.2) is 60.8 Å². The van der Waals surface area contributed by atoms with E-state index < -0.39 is 16.9 Å². The Kier molecular flexibility index (Phi) is 7.55. The number of carboxylic acids is 1. The van der Waals surface area contributed by atoms with Crippen molar-refractivity contribution in [3.8, 4) is 0 Å². The molecule has 0 radical (unpaired) electrons. The van der Waals surface area contributed by atoms with Crippen LogP contribution in [0.5, 0.6) is 0 Å². The van der Waals surface area contributed by atoms with Crippen molar-refractivity contribution in [2.45, 2.75) is 37.6 Å². The number of rotatable bonds is 7. The molecule has 3 aromatic rings. The number of aliphatic carboxylic acids is 1. The van der Waals surface area contributed by atoms with E-state index in [-0.39, 0.29) is 17.5 Å². The van der Waals surface area contributed by atoms with Crippen molar-refractivity contribution >= 4 is 34.5 Å². The molecule has 2 aliphatic rings. The van der Waals surface area contributed by atoms with E-state index in [2.05, 4.69) is 34.3 Å². The zero-order valence-corrected chi connectivity index (χ0v) is 21.2. The van der Waals surface area contributed by atoms with Gasteiger partial charge in [0.15, 0.2) is 0 Å². The number of nitro groups is 1. The van der Waals surface area contributed by atoms with Crippen LogP contribution in [0.25, 0.3) is 17.0 Å². The highest BCUT2D eigenvalue weighted by Crippen LogP contribution is 2.35. The van der Waals surface area contributed by atoms with Gasteiger partial charge in [0.2, 0.25) is 5.91 Å². The van der Waals surface area contributed by atoms with Gasteiger partial charge in [-0.1, -0.05) is 30.3 Å². The van der Waals surface area contributed by atoms with Crippen molar-refractivity contribution in [3.05, 3.63) is 82.0 Å². The van der Waals surface area contributed by atoms with Crippen molar-refractivity contribution in [1.29, 1.82) is 0 Å². The number of carboxylic acid groups (broad SMARTS) is 1. The SMILES string of the molecule is O=C(O)C(C1CCN(C(=O)/C=C/c2cccc([N+](=O)[O-])c2)CC1)N1CCC(c2c[nH]c3ccccc23)CC1. The molecule has 0 spiro atoms. The Hall–Kier alpha value is -3.98. The van der Waals surface area contributed by atoms with Crippen LogP contribution in [0.2, 0.25) is 0 Å². The van der Waals surface area contributed by atoms with Gasteiger partial charge in [-0.25, -0.2) is 0 Å². The van der Waals surface area contributed by atoms with Crippen LogP contribution in [0.3, 0.4) is 0 Å². The summed E-state index contributed by atoms with van der Waals surface area (Å²) in [5.74, 6) is -0.552. The van der Waals surface area contributed by atoms with Crippen LogP contribution in [0, 0.1) is 16.0 Å². The maximum absolute atomic E-state index is 12.7. The van der Waals surface area contributed by atoms with Crippen LogP contribution in [0.4, 0.5) is 5.69 Å². The molecule has 3 heterocycles. The van der Waals surface area contributed by atoms with Gasteiger partial charge in [0, 0.05) is 48.4 Å². The maximum atomic E-state index is 12.7. The molecule has 2 N–H and O–H groups in total. The molecular formula is C29H32N4O5. The lowest BCUT2D eigenvalue weighted by Crippen LogP contribution is -2.52. The van der Waals surface area contributed by atoms with Crippen molar-refractivity contribution in [3.63, 3.8) is 0 Å². The minimum atomic E-state index is -0.786. The lowest BCUT2D eigenvalue weighted by atomic mass is 9.84. The van der Waals surface area contributed by atoms with Gasteiger partial charge in [0.25, 0.3) is 5.69 Å². The Morgan fingerprint density at radius 3 is 2.47 bits per heavy atom. The second kappa shape index (κ2) is 11.2. The van der Waals surface area contributed by atoms with Gasteiger partial charge in [0.1, 0.15) is 6.04 Å². The van der Waals surface area contributed by atoms with E-state index in [1.165, 1.54) is 29.2 Å². The second-order valence-corrected chi connectivity index (χ2v) is 10.2. The summed E-state index contributed by atoms with van der Waals surface area (Å²) in [5, 5.41) is 22.3. The summed E-state index contributed by atoms with van der Waals surface area (Å²) in [5.41, 5.74) is 3.02. The average Bonchev–Trinajstić information content (AvgIpc) is 3.37. The predicted molar refractivity (Wildman–Crippen MR) is 145 cm³/mol. The molecule has 1 unspecified atom stereocenters. The number of nitrogens with zero attached hydrogens (tertiary/aromatic N) is 3. The van der Waals surface area contributed by atoms with E-state index in [0.717, 1.165) is 31.4 Å². The quantitative estimate of drug-likeness (QED) is 0.268. The van der Waals surface area contributed by atoms with Gasteiger partial charge in [-0.15, -0.1) is 0 Å². The number of nitrogens with one attached hydrogen (secondary N) is 1. The Labute approximate surface area is 220 Å². The van der Waals surface area contributed by atoms with Gasteiger partial charge in [0.05, 0.1) is 4.92 Å². The molecule has 198 valence electrons. The second-order valence-electron chi connectivity index (χ2n) is 10.2. The Morgan fingerprint density at radius 1 is 1.03 bits per heavy atom. The predicted octanol–water partition coefficient (Wildman–Crippen LogP) is 4.66. The Morgan fingerprint density at radius 2 is 1.76 bits per heavy atom. The first-order chi connectivity index (χ1) is 18.4. The zero-order chi connectivity index (χ0) is 26.6. The molecule has 5 rings (SSSR count). The smallest absolute Gasteiger partial charge is 0.321 e. The molecule has 9 heteroatoms. The number of aromatic amines is 1. The molecule has 0 saturated carbocycles. The lowest BCUT2D eigenvalue weighted by molar-refractivity contribution is -0.384. The molecule has 1 atom stereocenters. The zero-order valence-electron chi connectivity index (χ0n) is 21.2. The van der Waals surface area contributed by atoms with E-state index in [1.54, 1.807) is 23.1 Å². The van der Waals surface area contributed by atoms with Crippen LogP contribution in [-0.2, 0) is 9.59 Å². The number of fused-ring (bicyclic) bond motifs is 1. The van der Waals surface area contributed by atoms with Gasteiger partial charge < -0.3 is 15.0 Å². The van der Waals surface area contributed by atoms with Crippen molar-refractivity contribution in [2.24, 2.45) is 5.92 Å². The third-order valence-electron chi connectivity index (χ3n) is 8.03. The van der Waals surface area contributed by atoms with Crippen molar-refractivity contribution < 1.29 is 19.6 Å². The normalized spacial score (nSPS) is 18.7. The highest BCUT2D eigenvalue weighted by Gasteiger charge is 2.38. The highest BCUT2D eigenvalue weighted by molar-refractivity contribution is 5.92. The topological polar surface area (TPSA) is 120 Å². The first-order valence-electron chi connectivity index (χ1n) is 13.1. The van der Waals surface area contributed by atoms with Crippen LogP contribution >= 0.6 is 0 Å². The Bertz CT molecular complexity index is 1350. The molecule has 0 aliphatic carbocycles. The first kappa shape index (κ1) is 25.7. The molecule has 1 amide bonds. The first-order valence-corrected chi connectivity index (χ1v) is 13.1. The van der Waals surface area contributed by atoms with Gasteiger partial charge in [-0.05, 0) is 73.9 Å².